The molecular formula is C59H70N8O5S2. The van der Waals surface area contributed by atoms with Crippen molar-refractivity contribution in [1.29, 1.82) is 0 Å². The number of ether oxygens (including phenoxy) is 4. The predicted octanol–water partition coefficient (Wildman–Crippen LogP) is 10.5. The van der Waals surface area contributed by atoms with Gasteiger partial charge >= 0.3 is 0 Å². The first-order valence-corrected chi connectivity index (χ1v) is 27.6. The predicted molar refractivity (Wildman–Crippen MR) is 296 cm³/mol. The molecule has 74 heavy (non-hydrogen) atoms. The molecular weight excluding hydrogens is 965 g/mol. The van der Waals surface area contributed by atoms with Gasteiger partial charge in [0, 0.05) is 66.1 Å². The molecule has 15 heteroatoms. The molecule has 0 bridgehead atoms. The van der Waals surface area contributed by atoms with Crippen LogP contribution in [-0.2, 0) is 22.7 Å². The first-order valence-electron chi connectivity index (χ1n) is 26.0. The summed E-state index contributed by atoms with van der Waals surface area (Å²) < 4.78 is 25.4. The number of aromatic nitrogens is 4. The lowest BCUT2D eigenvalue weighted by atomic mass is 9.96. The van der Waals surface area contributed by atoms with Crippen molar-refractivity contribution in [2.75, 3.05) is 57.8 Å². The van der Waals surface area contributed by atoms with E-state index in [1.165, 1.54) is 5.01 Å². The fraction of sp³-hybridized carbons (Fsp3) is 0.458. The molecule has 2 aromatic carbocycles. The normalized spacial score (nSPS) is 18.0. The van der Waals surface area contributed by atoms with E-state index in [9.17, 15) is 5.11 Å². The molecule has 3 aliphatic heterocycles. The highest BCUT2D eigenvalue weighted by atomic mass is 32.1. The van der Waals surface area contributed by atoms with E-state index in [4.69, 9.17) is 40.4 Å². The van der Waals surface area contributed by atoms with Crippen LogP contribution in [-0.4, -0.2) is 98.7 Å². The van der Waals surface area contributed by atoms with Crippen LogP contribution in [0, 0.1) is 37.5 Å². The monoisotopic (exact) mass is 1030 g/mol. The summed E-state index contributed by atoms with van der Waals surface area (Å²) in [6.45, 7) is 15.9. The van der Waals surface area contributed by atoms with Crippen LogP contribution in [0.15, 0.2) is 73.1 Å². The van der Waals surface area contributed by atoms with Crippen LogP contribution in [0.1, 0.15) is 128 Å². The Morgan fingerprint density at radius 1 is 0.716 bits per heavy atom. The Morgan fingerprint density at radius 3 is 1.76 bits per heavy atom. The van der Waals surface area contributed by atoms with Crippen molar-refractivity contribution < 1.29 is 24.1 Å². The van der Waals surface area contributed by atoms with Gasteiger partial charge in [-0.15, -0.1) is 22.7 Å². The number of piperidine rings is 2. The average molecular weight is 1040 g/mol. The molecule has 0 saturated carbocycles. The highest BCUT2D eigenvalue weighted by Gasteiger charge is 2.32. The molecule has 3 aliphatic rings. The van der Waals surface area contributed by atoms with Crippen LogP contribution in [0.4, 0.5) is 11.6 Å². The van der Waals surface area contributed by atoms with Crippen molar-refractivity contribution in [3.8, 4) is 56.1 Å². The Morgan fingerprint density at radius 2 is 1.24 bits per heavy atom. The number of nitrogens with zero attached hydrogens (tertiary/aromatic N) is 6. The van der Waals surface area contributed by atoms with Crippen LogP contribution >= 0.6 is 22.7 Å². The first-order chi connectivity index (χ1) is 35.6. The van der Waals surface area contributed by atoms with Gasteiger partial charge in [-0.1, -0.05) is 47.9 Å². The average Bonchev–Trinajstić information content (AvgIpc) is 3.99. The number of pyridine rings is 2. The summed E-state index contributed by atoms with van der Waals surface area (Å²) >= 11 is 3.50. The summed E-state index contributed by atoms with van der Waals surface area (Å²) in [4.78, 5) is 26.2. The van der Waals surface area contributed by atoms with Crippen molar-refractivity contribution in [2.24, 2.45) is 0 Å². The van der Waals surface area contributed by atoms with Gasteiger partial charge in [-0.3, -0.25) is 0 Å². The number of anilines is 2. The number of benzene rings is 2. The van der Waals surface area contributed by atoms with Crippen LogP contribution in [0.25, 0.3) is 20.9 Å². The number of thiazole rings is 2. The Labute approximate surface area is 445 Å². The largest absolute Gasteiger partial charge is 0.485 e. The summed E-state index contributed by atoms with van der Waals surface area (Å²) in [6.07, 6.45) is 11.4. The summed E-state index contributed by atoms with van der Waals surface area (Å²) in [6, 6.07) is 19.9. The van der Waals surface area contributed by atoms with E-state index < -0.39 is 11.2 Å². The molecule has 5 N–H and O–H groups in total. The molecule has 4 aromatic heterocycles. The van der Waals surface area contributed by atoms with Crippen molar-refractivity contribution in [3.63, 3.8) is 0 Å². The fourth-order valence-electron chi connectivity index (χ4n) is 9.61. The molecule has 3 fully saturated rings. The molecule has 388 valence electrons. The first kappa shape index (κ1) is 53.0. The van der Waals surface area contributed by atoms with E-state index >= 15 is 0 Å². The van der Waals surface area contributed by atoms with Gasteiger partial charge in [0.15, 0.2) is 29.4 Å². The quantitative estimate of drug-likeness (QED) is 0.0833. The lowest BCUT2D eigenvalue weighted by Gasteiger charge is -2.35. The number of nitrogens with two attached hydrogens (primary N) is 2. The molecule has 2 atom stereocenters. The standard InChI is InChI=1S/C59H70N8O5S2/c1-39-52(73-56(64-39)45-18-25-66(6)26-19-45)47-33-50(55(61)62-35-47)71-38-44-14-10-12-42(32-44)17-23-59(5,72-51-15-7-8-30-69-51)24-29-67-27-20-46(21-28-67)57-65-40(2)53(74-57)48-34-49(54(60)63-36-48)70-37-43-13-9-11-41(31-43)16-22-58(3,4)68/h9-14,31-36,45-46,51,68H,7-8,15,18-21,24-30,37-38H2,1-6H3,(H2,60,63)(H2,61,62). The zero-order valence-electron chi connectivity index (χ0n) is 43.7. The van der Waals surface area contributed by atoms with Crippen molar-refractivity contribution in [1.82, 2.24) is 29.7 Å². The number of aryl methyl sites for hydroxylation is 2. The minimum absolute atomic E-state index is 0.276. The van der Waals surface area contributed by atoms with Gasteiger partial charge in [-0.05, 0) is 160 Å². The highest BCUT2D eigenvalue weighted by Crippen LogP contribution is 2.41. The van der Waals surface area contributed by atoms with Crippen molar-refractivity contribution in [3.05, 3.63) is 117 Å². The maximum atomic E-state index is 10.0. The Kier molecular flexibility index (Phi) is 17.0. The van der Waals surface area contributed by atoms with Gasteiger partial charge in [0.2, 0.25) is 0 Å². The van der Waals surface area contributed by atoms with E-state index in [1.807, 2.05) is 60.8 Å². The number of aliphatic hydroxyl groups is 1. The maximum absolute atomic E-state index is 10.0. The summed E-state index contributed by atoms with van der Waals surface area (Å²) in [7, 11) is 2.19. The molecule has 7 heterocycles. The molecule has 3 saturated heterocycles. The second-order valence-electron chi connectivity index (χ2n) is 20.8. The second kappa shape index (κ2) is 23.8. The topological polar surface area (TPSA) is 167 Å². The van der Waals surface area contributed by atoms with Crippen LogP contribution < -0.4 is 20.9 Å². The SMILES string of the molecule is Cc1nc(C2CCN(C)CC2)sc1-c1cnc(N)c(OCc2cccc(C#CC(C)(CCN3CCC(c4nc(C)c(-c5cnc(N)c(OCc6cccc(C#CC(C)(C)O)c6)c5)s4)CC3)OC3CCCCO3)c2)c1. The number of likely N-dealkylation sites (tertiary alicyclic amines) is 2. The Hall–Kier alpha value is -5.88. The summed E-state index contributed by atoms with van der Waals surface area (Å²) in [5.74, 6) is 15.6. The lowest BCUT2D eigenvalue weighted by molar-refractivity contribution is -0.206. The third-order valence-corrected chi connectivity index (χ3v) is 16.7. The Balaban J connectivity index is 0.807. The van der Waals surface area contributed by atoms with E-state index in [2.05, 4.69) is 77.3 Å². The minimum atomic E-state index is -1.07. The van der Waals surface area contributed by atoms with Gasteiger partial charge < -0.3 is 45.3 Å². The molecule has 0 spiro atoms. The van der Waals surface area contributed by atoms with E-state index in [-0.39, 0.29) is 6.29 Å². The third-order valence-electron chi connectivity index (χ3n) is 14.0. The number of nitrogen functional groups attached to an aromatic ring is 2. The summed E-state index contributed by atoms with van der Waals surface area (Å²) in [5.41, 5.74) is 18.4. The zero-order chi connectivity index (χ0) is 51.8. The van der Waals surface area contributed by atoms with Gasteiger partial charge in [-0.2, -0.15) is 0 Å². The third kappa shape index (κ3) is 14.1. The molecule has 2 unspecified atom stereocenters. The molecule has 9 rings (SSSR count). The highest BCUT2D eigenvalue weighted by molar-refractivity contribution is 7.15. The molecule has 6 aromatic rings. The van der Waals surface area contributed by atoms with Crippen LogP contribution in [0.3, 0.4) is 0 Å². The lowest BCUT2D eigenvalue weighted by Crippen LogP contribution is -2.41. The fourth-order valence-corrected chi connectivity index (χ4v) is 12.0. The Bertz CT molecular complexity index is 3010. The summed E-state index contributed by atoms with van der Waals surface area (Å²) in [5, 5.41) is 12.4. The minimum Gasteiger partial charge on any atom is -0.485 e. The van der Waals surface area contributed by atoms with Gasteiger partial charge in [0.25, 0.3) is 0 Å². The van der Waals surface area contributed by atoms with Gasteiger partial charge in [0.1, 0.15) is 24.4 Å². The zero-order valence-corrected chi connectivity index (χ0v) is 45.3. The molecule has 0 aliphatic carbocycles. The van der Waals surface area contributed by atoms with Gasteiger partial charge in [0.05, 0.1) is 31.2 Å². The van der Waals surface area contributed by atoms with E-state index in [0.29, 0.717) is 54.8 Å². The van der Waals surface area contributed by atoms with Crippen molar-refractivity contribution >= 4 is 34.3 Å². The molecule has 13 nitrogen and oxygen atoms in total. The second-order valence-corrected chi connectivity index (χ2v) is 22.8. The van der Waals surface area contributed by atoms with Crippen LogP contribution in [0.2, 0.25) is 0 Å². The molecule has 0 amide bonds. The number of hydrogen-bond acceptors (Lipinski definition) is 15. The van der Waals surface area contributed by atoms with E-state index in [0.717, 1.165) is 144 Å². The number of hydrogen-bond donors (Lipinski definition) is 3. The maximum Gasteiger partial charge on any atom is 0.166 e. The smallest absolute Gasteiger partial charge is 0.166 e. The molecule has 0 radical (unpaired) electrons. The van der Waals surface area contributed by atoms with E-state index in [1.54, 1.807) is 42.7 Å². The van der Waals surface area contributed by atoms with Crippen molar-refractivity contribution in [2.45, 2.75) is 129 Å². The van der Waals surface area contributed by atoms with Crippen LogP contribution in [0.5, 0.6) is 11.5 Å². The van der Waals surface area contributed by atoms with Gasteiger partial charge in [-0.25, -0.2) is 19.9 Å². The number of rotatable bonds is 15.